The van der Waals surface area contributed by atoms with Crippen LogP contribution in [-0.4, -0.2) is 26.1 Å². The van der Waals surface area contributed by atoms with Crippen molar-refractivity contribution in [2.75, 3.05) is 5.32 Å². The maximum atomic E-state index is 11.2. The molecule has 0 bridgehead atoms. The fourth-order valence-corrected chi connectivity index (χ4v) is 2.66. The summed E-state index contributed by atoms with van der Waals surface area (Å²) < 4.78 is 0. The summed E-state index contributed by atoms with van der Waals surface area (Å²) in [4.78, 5) is 19.8. The van der Waals surface area contributed by atoms with Gasteiger partial charge in [-0.05, 0) is 23.8 Å². The Morgan fingerprint density at radius 2 is 1.96 bits per heavy atom. The zero-order valence-electron chi connectivity index (χ0n) is 12.4. The number of hydrogen-bond acceptors (Lipinski definition) is 4. The number of aromatic amines is 1. The first-order valence-corrected chi connectivity index (χ1v) is 7.15. The van der Waals surface area contributed by atoms with E-state index in [9.17, 15) is 4.79 Å². The molecule has 0 saturated heterocycles. The highest BCUT2D eigenvalue weighted by atomic mass is 16.1. The average Bonchev–Trinajstić information content (AvgIpc) is 3.03. The summed E-state index contributed by atoms with van der Waals surface area (Å²) >= 11 is 0. The summed E-state index contributed by atoms with van der Waals surface area (Å²) in [6, 6.07) is 7.94. The number of fused-ring (bicyclic) bond motifs is 3. The molecule has 4 rings (SSSR count). The molecular weight excluding hydrogens is 290 g/mol. The van der Waals surface area contributed by atoms with Crippen LogP contribution in [0, 0.1) is 0 Å². The SMILES string of the molecule is CC(=O)Nc1cncc(-c2ccc3ncc4[nH]ncc4c3c2)c1. The summed E-state index contributed by atoms with van der Waals surface area (Å²) in [6.45, 7) is 1.48. The van der Waals surface area contributed by atoms with Gasteiger partial charge in [0, 0.05) is 29.5 Å². The van der Waals surface area contributed by atoms with Crippen LogP contribution in [0.4, 0.5) is 5.69 Å². The average molecular weight is 303 g/mol. The van der Waals surface area contributed by atoms with Crippen LogP contribution in [-0.2, 0) is 4.79 Å². The standard InChI is InChI=1S/C17H13N5O/c1-10(23)21-13-4-12(6-18-7-13)11-2-3-16-14(5-11)15-8-20-22-17(15)9-19-16/h2-9H,1H3,(H,20,22)(H,21,23). The van der Waals surface area contributed by atoms with E-state index in [4.69, 9.17) is 0 Å². The topological polar surface area (TPSA) is 83.6 Å². The number of pyridine rings is 2. The number of carbonyl (C=O) groups is 1. The van der Waals surface area contributed by atoms with E-state index in [0.717, 1.165) is 32.9 Å². The molecule has 0 saturated carbocycles. The van der Waals surface area contributed by atoms with Crippen LogP contribution in [0.5, 0.6) is 0 Å². The van der Waals surface area contributed by atoms with Crippen LogP contribution >= 0.6 is 0 Å². The van der Waals surface area contributed by atoms with Gasteiger partial charge in [0.15, 0.2) is 0 Å². The third kappa shape index (κ3) is 2.40. The van der Waals surface area contributed by atoms with Gasteiger partial charge >= 0.3 is 0 Å². The fourth-order valence-electron chi connectivity index (χ4n) is 2.66. The number of nitrogens with one attached hydrogen (secondary N) is 2. The Bertz CT molecular complexity index is 1040. The van der Waals surface area contributed by atoms with Crippen molar-refractivity contribution < 1.29 is 4.79 Å². The quantitative estimate of drug-likeness (QED) is 0.596. The molecule has 6 heteroatoms. The zero-order chi connectivity index (χ0) is 15.8. The maximum Gasteiger partial charge on any atom is 0.221 e. The molecule has 0 radical (unpaired) electrons. The molecule has 0 fully saturated rings. The molecule has 4 aromatic rings. The van der Waals surface area contributed by atoms with E-state index < -0.39 is 0 Å². The van der Waals surface area contributed by atoms with Crippen LogP contribution in [0.15, 0.2) is 49.1 Å². The smallest absolute Gasteiger partial charge is 0.221 e. The second-order valence-electron chi connectivity index (χ2n) is 5.33. The number of aromatic nitrogens is 4. The second kappa shape index (κ2) is 5.17. The monoisotopic (exact) mass is 303 g/mol. The third-order valence-corrected chi connectivity index (χ3v) is 3.68. The lowest BCUT2D eigenvalue weighted by Crippen LogP contribution is -2.05. The largest absolute Gasteiger partial charge is 0.325 e. The summed E-state index contributed by atoms with van der Waals surface area (Å²) in [6.07, 6.45) is 6.98. The van der Waals surface area contributed by atoms with E-state index in [1.165, 1.54) is 6.92 Å². The Kier molecular flexibility index (Phi) is 3.01. The minimum atomic E-state index is -0.119. The van der Waals surface area contributed by atoms with E-state index in [1.807, 2.05) is 18.2 Å². The minimum Gasteiger partial charge on any atom is -0.325 e. The predicted octanol–water partition coefficient (Wildman–Crippen LogP) is 3.13. The summed E-state index contributed by atoms with van der Waals surface area (Å²) in [5, 5.41) is 11.8. The fraction of sp³-hybridized carbons (Fsp3) is 0.0588. The van der Waals surface area contributed by atoms with Crippen LogP contribution in [0.1, 0.15) is 6.92 Å². The van der Waals surface area contributed by atoms with Gasteiger partial charge in [-0.3, -0.25) is 19.9 Å². The van der Waals surface area contributed by atoms with Crippen LogP contribution < -0.4 is 5.32 Å². The number of rotatable bonds is 2. The summed E-state index contributed by atoms with van der Waals surface area (Å²) in [5.74, 6) is -0.119. The number of H-pyrrole nitrogens is 1. The number of hydrogen-bond donors (Lipinski definition) is 2. The number of carbonyl (C=O) groups excluding carboxylic acids is 1. The number of anilines is 1. The number of benzene rings is 1. The van der Waals surface area contributed by atoms with Crippen molar-refractivity contribution in [3.05, 3.63) is 49.1 Å². The van der Waals surface area contributed by atoms with Crippen molar-refractivity contribution in [1.82, 2.24) is 20.2 Å². The number of amides is 1. The molecule has 1 amide bonds. The minimum absolute atomic E-state index is 0.119. The highest BCUT2D eigenvalue weighted by molar-refractivity contribution is 6.05. The maximum absolute atomic E-state index is 11.2. The first-order chi connectivity index (χ1) is 11.2. The van der Waals surface area contributed by atoms with Crippen LogP contribution in [0.2, 0.25) is 0 Å². The lowest BCUT2D eigenvalue weighted by Gasteiger charge is -2.07. The van der Waals surface area contributed by atoms with Crippen molar-refractivity contribution in [3.8, 4) is 11.1 Å². The summed E-state index contributed by atoms with van der Waals surface area (Å²) in [5.41, 5.74) is 4.43. The normalized spacial score (nSPS) is 11.0. The molecule has 3 heterocycles. The van der Waals surface area contributed by atoms with E-state index >= 15 is 0 Å². The van der Waals surface area contributed by atoms with E-state index in [-0.39, 0.29) is 5.91 Å². The molecule has 0 aliphatic rings. The molecule has 1 aromatic carbocycles. The van der Waals surface area contributed by atoms with Gasteiger partial charge in [0.1, 0.15) is 0 Å². The van der Waals surface area contributed by atoms with Gasteiger partial charge in [-0.2, -0.15) is 5.10 Å². The van der Waals surface area contributed by atoms with Gasteiger partial charge in [-0.25, -0.2) is 0 Å². The molecule has 112 valence electrons. The van der Waals surface area contributed by atoms with E-state index in [2.05, 4.69) is 31.5 Å². The Hall–Kier alpha value is -3.28. The van der Waals surface area contributed by atoms with E-state index in [1.54, 1.807) is 24.8 Å². The molecule has 2 N–H and O–H groups in total. The van der Waals surface area contributed by atoms with Gasteiger partial charge < -0.3 is 5.32 Å². The van der Waals surface area contributed by atoms with E-state index in [0.29, 0.717) is 5.69 Å². The van der Waals surface area contributed by atoms with Crippen molar-refractivity contribution in [2.24, 2.45) is 0 Å². The Labute approximate surface area is 131 Å². The van der Waals surface area contributed by atoms with Gasteiger partial charge in [-0.1, -0.05) is 6.07 Å². The molecule has 0 aliphatic heterocycles. The second-order valence-corrected chi connectivity index (χ2v) is 5.33. The molecule has 0 aliphatic carbocycles. The Morgan fingerprint density at radius 1 is 1.04 bits per heavy atom. The summed E-state index contributed by atoms with van der Waals surface area (Å²) in [7, 11) is 0. The van der Waals surface area contributed by atoms with Gasteiger partial charge in [-0.15, -0.1) is 0 Å². The predicted molar refractivity (Wildman–Crippen MR) is 88.9 cm³/mol. The number of nitrogens with zero attached hydrogens (tertiary/aromatic N) is 3. The van der Waals surface area contributed by atoms with Crippen molar-refractivity contribution >= 4 is 33.4 Å². The highest BCUT2D eigenvalue weighted by Gasteiger charge is 2.07. The van der Waals surface area contributed by atoms with Gasteiger partial charge in [0.25, 0.3) is 0 Å². The van der Waals surface area contributed by atoms with Crippen molar-refractivity contribution in [3.63, 3.8) is 0 Å². The lowest BCUT2D eigenvalue weighted by atomic mass is 10.0. The molecule has 0 atom stereocenters. The van der Waals surface area contributed by atoms with Crippen molar-refractivity contribution in [1.29, 1.82) is 0 Å². The molecular formula is C17H13N5O. The molecule has 23 heavy (non-hydrogen) atoms. The molecule has 6 nitrogen and oxygen atoms in total. The zero-order valence-corrected chi connectivity index (χ0v) is 12.4. The van der Waals surface area contributed by atoms with Crippen LogP contribution in [0.3, 0.4) is 0 Å². The first-order valence-electron chi connectivity index (χ1n) is 7.15. The van der Waals surface area contributed by atoms with Crippen molar-refractivity contribution in [2.45, 2.75) is 6.92 Å². The lowest BCUT2D eigenvalue weighted by molar-refractivity contribution is -0.114. The highest BCUT2D eigenvalue weighted by Crippen LogP contribution is 2.28. The molecule has 0 unspecified atom stereocenters. The molecule has 3 aromatic heterocycles. The Balaban J connectivity index is 1.87. The Morgan fingerprint density at radius 3 is 2.83 bits per heavy atom. The van der Waals surface area contributed by atoms with Gasteiger partial charge in [0.2, 0.25) is 5.91 Å². The van der Waals surface area contributed by atoms with Gasteiger partial charge in [0.05, 0.1) is 35.3 Å². The first kappa shape index (κ1) is 13.4. The molecule has 0 spiro atoms. The third-order valence-electron chi connectivity index (χ3n) is 3.68. The van der Waals surface area contributed by atoms with Crippen LogP contribution in [0.25, 0.3) is 32.9 Å².